The average Bonchev–Trinajstić information content (AvgIpc) is 3.22. The van der Waals surface area contributed by atoms with Gasteiger partial charge in [0.25, 0.3) is 0 Å². The molecule has 3 aromatic rings. The Balaban J connectivity index is 1.60. The van der Waals surface area contributed by atoms with Crippen molar-refractivity contribution in [2.45, 2.75) is 22.1 Å². The summed E-state index contributed by atoms with van der Waals surface area (Å²) in [6.45, 7) is 0. The Labute approximate surface area is 166 Å². The molecule has 0 aliphatic carbocycles. The second-order valence-electron chi connectivity index (χ2n) is 5.95. The largest absolute Gasteiger partial charge is 0.452 e. The SMILES string of the molecule is CN1C(=S)NC(c2ccccn2)C1c1ccc(Sc2ccc(Cl)cc2)o1. The Morgan fingerprint density at radius 3 is 2.69 bits per heavy atom. The van der Waals surface area contributed by atoms with Gasteiger partial charge < -0.3 is 14.6 Å². The number of hydrogen-bond acceptors (Lipinski definition) is 4. The minimum Gasteiger partial charge on any atom is -0.452 e. The van der Waals surface area contributed by atoms with Gasteiger partial charge in [0, 0.05) is 23.2 Å². The maximum atomic E-state index is 6.13. The third kappa shape index (κ3) is 3.45. The lowest BCUT2D eigenvalue weighted by Crippen LogP contribution is -2.24. The highest BCUT2D eigenvalue weighted by Gasteiger charge is 2.39. The van der Waals surface area contributed by atoms with Crippen LogP contribution in [0, 0.1) is 0 Å². The molecule has 1 aromatic carbocycles. The van der Waals surface area contributed by atoms with E-state index in [9.17, 15) is 0 Å². The number of benzene rings is 1. The molecule has 7 heteroatoms. The smallest absolute Gasteiger partial charge is 0.170 e. The van der Waals surface area contributed by atoms with Crippen molar-refractivity contribution in [2.75, 3.05) is 7.05 Å². The van der Waals surface area contributed by atoms with Crippen molar-refractivity contribution in [3.8, 4) is 0 Å². The van der Waals surface area contributed by atoms with Gasteiger partial charge in [-0.15, -0.1) is 0 Å². The van der Waals surface area contributed by atoms with Crippen LogP contribution < -0.4 is 5.32 Å². The van der Waals surface area contributed by atoms with Gasteiger partial charge in [-0.25, -0.2) is 0 Å². The molecule has 4 rings (SSSR count). The Morgan fingerprint density at radius 1 is 1.15 bits per heavy atom. The molecular weight excluding hydrogens is 386 g/mol. The molecule has 4 nitrogen and oxygen atoms in total. The van der Waals surface area contributed by atoms with Gasteiger partial charge >= 0.3 is 0 Å². The lowest BCUT2D eigenvalue weighted by Gasteiger charge is -2.21. The van der Waals surface area contributed by atoms with Crippen LogP contribution in [0.2, 0.25) is 5.02 Å². The number of hydrogen-bond donors (Lipinski definition) is 1. The van der Waals surface area contributed by atoms with E-state index in [-0.39, 0.29) is 12.1 Å². The van der Waals surface area contributed by atoms with Gasteiger partial charge in [0.05, 0.1) is 11.7 Å². The molecule has 0 bridgehead atoms. The van der Waals surface area contributed by atoms with Gasteiger partial charge in [0.2, 0.25) is 0 Å². The Morgan fingerprint density at radius 2 is 1.96 bits per heavy atom. The standard InChI is InChI=1S/C19H16ClN3OS2/c1-23-18(17(22-19(23)25)14-4-2-3-11-21-14)15-9-10-16(24-15)26-13-7-5-12(20)6-8-13/h2-11,17-18H,1H3,(H,22,25). The fraction of sp³-hybridized carbons (Fsp3) is 0.158. The number of furan rings is 1. The van der Waals surface area contributed by atoms with Crippen LogP contribution in [0.3, 0.4) is 0 Å². The van der Waals surface area contributed by atoms with Gasteiger partial charge in [0.15, 0.2) is 10.2 Å². The summed E-state index contributed by atoms with van der Waals surface area (Å²) in [5, 5.41) is 5.59. The predicted octanol–water partition coefficient (Wildman–Crippen LogP) is 5.08. The Bertz CT molecular complexity index is 914. The first-order chi connectivity index (χ1) is 12.6. The van der Waals surface area contributed by atoms with Crippen molar-refractivity contribution in [1.29, 1.82) is 0 Å². The molecule has 0 saturated carbocycles. The first-order valence-electron chi connectivity index (χ1n) is 8.09. The van der Waals surface area contributed by atoms with Crippen LogP contribution in [0.25, 0.3) is 0 Å². The molecule has 1 saturated heterocycles. The lowest BCUT2D eigenvalue weighted by molar-refractivity contribution is 0.289. The lowest BCUT2D eigenvalue weighted by atomic mass is 10.0. The van der Waals surface area contributed by atoms with E-state index in [1.807, 2.05) is 66.5 Å². The minimum atomic E-state index is -0.0479. The molecule has 2 atom stereocenters. The van der Waals surface area contributed by atoms with Crippen LogP contribution in [0.5, 0.6) is 0 Å². The summed E-state index contributed by atoms with van der Waals surface area (Å²) >= 11 is 13.0. The highest BCUT2D eigenvalue weighted by Crippen LogP contribution is 2.40. The number of halogens is 1. The Hall–Kier alpha value is -2.02. The second kappa shape index (κ2) is 7.31. The highest BCUT2D eigenvalue weighted by molar-refractivity contribution is 7.99. The summed E-state index contributed by atoms with van der Waals surface area (Å²) < 4.78 is 6.13. The molecule has 26 heavy (non-hydrogen) atoms. The number of likely N-dealkylation sites (N-methyl/N-ethyl adjacent to an activating group) is 1. The van der Waals surface area contributed by atoms with Crippen molar-refractivity contribution in [1.82, 2.24) is 15.2 Å². The number of pyridine rings is 1. The molecule has 132 valence electrons. The zero-order chi connectivity index (χ0) is 18.1. The molecule has 0 radical (unpaired) electrons. The van der Waals surface area contributed by atoms with Gasteiger partial charge in [-0.2, -0.15) is 0 Å². The normalized spacial score (nSPS) is 19.6. The van der Waals surface area contributed by atoms with E-state index in [0.29, 0.717) is 5.11 Å². The summed E-state index contributed by atoms with van der Waals surface area (Å²) in [6.07, 6.45) is 1.79. The molecule has 3 heterocycles. The van der Waals surface area contributed by atoms with E-state index in [2.05, 4.69) is 10.3 Å². The zero-order valence-electron chi connectivity index (χ0n) is 13.9. The van der Waals surface area contributed by atoms with Crippen LogP contribution in [-0.2, 0) is 0 Å². The third-order valence-electron chi connectivity index (χ3n) is 4.26. The maximum absolute atomic E-state index is 6.13. The molecule has 1 N–H and O–H groups in total. The second-order valence-corrected chi connectivity index (χ2v) is 7.85. The molecule has 1 fully saturated rings. The monoisotopic (exact) mass is 401 g/mol. The van der Waals surface area contributed by atoms with E-state index in [1.54, 1.807) is 18.0 Å². The van der Waals surface area contributed by atoms with Crippen LogP contribution in [0.15, 0.2) is 75.2 Å². The molecule has 0 spiro atoms. The van der Waals surface area contributed by atoms with Crippen molar-refractivity contribution in [3.63, 3.8) is 0 Å². The maximum Gasteiger partial charge on any atom is 0.170 e. The van der Waals surface area contributed by atoms with Crippen molar-refractivity contribution >= 4 is 40.7 Å². The van der Waals surface area contributed by atoms with E-state index >= 15 is 0 Å². The summed E-state index contributed by atoms with van der Waals surface area (Å²) in [5.74, 6) is 0.854. The topological polar surface area (TPSA) is 41.3 Å². The van der Waals surface area contributed by atoms with Gasteiger partial charge in [0.1, 0.15) is 11.8 Å². The van der Waals surface area contributed by atoms with Gasteiger partial charge in [-0.1, -0.05) is 29.4 Å². The molecule has 2 aromatic heterocycles. The minimum absolute atomic E-state index is 0.0445. The van der Waals surface area contributed by atoms with Gasteiger partial charge in [-0.05, 0) is 60.7 Å². The summed E-state index contributed by atoms with van der Waals surface area (Å²) in [4.78, 5) is 7.57. The average molecular weight is 402 g/mol. The van der Waals surface area contributed by atoms with Crippen LogP contribution in [0.4, 0.5) is 0 Å². The zero-order valence-corrected chi connectivity index (χ0v) is 16.3. The third-order valence-corrected chi connectivity index (χ3v) is 5.85. The fourth-order valence-corrected chi connectivity index (χ4v) is 4.13. The van der Waals surface area contributed by atoms with Gasteiger partial charge in [-0.3, -0.25) is 4.98 Å². The van der Waals surface area contributed by atoms with Crippen molar-refractivity contribution in [2.24, 2.45) is 0 Å². The van der Waals surface area contributed by atoms with E-state index < -0.39 is 0 Å². The number of nitrogens with zero attached hydrogens (tertiary/aromatic N) is 2. The van der Waals surface area contributed by atoms with E-state index in [4.69, 9.17) is 28.2 Å². The fourth-order valence-electron chi connectivity index (χ4n) is 2.98. The number of thiocarbonyl (C=S) groups is 1. The van der Waals surface area contributed by atoms with Crippen LogP contribution in [-0.4, -0.2) is 22.0 Å². The molecule has 2 unspecified atom stereocenters. The van der Waals surface area contributed by atoms with Crippen LogP contribution >= 0.6 is 35.6 Å². The summed E-state index contributed by atoms with van der Waals surface area (Å²) in [6, 6.07) is 17.5. The molecule has 1 aliphatic rings. The Kier molecular flexibility index (Phi) is 4.89. The predicted molar refractivity (Wildman–Crippen MR) is 107 cm³/mol. The molecule has 1 aliphatic heterocycles. The number of rotatable bonds is 4. The van der Waals surface area contributed by atoms with Crippen molar-refractivity contribution in [3.05, 3.63) is 77.3 Å². The number of nitrogens with one attached hydrogen (secondary N) is 1. The summed E-state index contributed by atoms with van der Waals surface area (Å²) in [5.41, 5.74) is 0.938. The molecule has 0 amide bonds. The first kappa shape index (κ1) is 17.4. The van der Waals surface area contributed by atoms with Crippen LogP contribution in [0.1, 0.15) is 23.5 Å². The molecular formula is C19H16ClN3OS2. The van der Waals surface area contributed by atoms with E-state index in [0.717, 1.165) is 26.5 Å². The highest BCUT2D eigenvalue weighted by atomic mass is 35.5. The quantitative estimate of drug-likeness (QED) is 0.615. The van der Waals surface area contributed by atoms with Crippen molar-refractivity contribution < 1.29 is 4.42 Å². The number of aromatic nitrogens is 1. The van der Waals surface area contributed by atoms with E-state index in [1.165, 1.54) is 0 Å². The first-order valence-corrected chi connectivity index (χ1v) is 9.69. The summed E-state index contributed by atoms with van der Waals surface area (Å²) in [7, 11) is 1.97.